The van der Waals surface area contributed by atoms with Gasteiger partial charge in [0.1, 0.15) is 70.5 Å². The van der Waals surface area contributed by atoms with E-state index in [2.05, 4.69) is 19.5 Å². The van der Waals surface area contributed by atoms with Gasteiger partial charge in [0.05, 0.1) is 111 Å². The first-order valence-electron chi connectivity index (χ1n) is 47.9. The van der Waals surface area contributed by atoms with Gasteiger partial charge in [0, 0.05) is 98.5 Å². The largest absolute Gasteiger partial charge is 0.540 e. The molecule has 32 heteroatoms. The Balaban J connectivity index is 0.000000191. The fourth-order valence-corrected chi connectivity index (χ4v) is 21.5. The minimum atomic E-state index is -2.91. The average molecular weight is 1970 g/mol. The molecule has 4 aliphatic carbocycles. The molecule has 6 aliphatic heterocycles. The zero-order valence-electron chi connectivity index (χ0n) is 80.7. The van der Waals surface area contributed by atoms with E-state index in [1.165, 1.54) is 17.7 Å². The van der Waals surface area contributed by atoms with Crippen molar-refractivity contribution in [3.63, 3.8) is 0 Å². The monoisotopic (exact) mass is 1960 g/mol. The summed E-state index contributed by atoms with van der Waals surface area (Å²) in [5.41, 5.74) is 4.53. The molecule has 4 saturated carbocycles. The number of esters is 3. The summed E-state index contributed by atoms with van der Waals surface area (Å²) in [7, 11) is 4.80. The van der Waals surface area contributed by atoms with Gasteiger partial charge in [-0.05, 0) is 178 Å². The summed E-state index contributed by atoms with van der Waals surface area (Å²) in [5.74, 6) is -4.85. The second kappa shape index (κ2) is 44.4. The predicted octanol–water partition coefficient (Wildman–Crippen LogP) is 16.7. The maximum Gasteiger partial charge on any atom is 0.307 e. The number of carbonyl (C=O) groups is 6. The number of halogens is 2. The number of nitrogens with zero attached hydrogens (tertiary/aromatic N) is 9. The molecule has 27 nitrogen and oxygen atoms in total. The van der Waals surface area contributed by atoms with Crippen molar-refractivity contribution in [3.05, 3.63) is 71.7 Å². The van der Waals surface area contributed by atoms with E-state index < -0.39 is 118 Å². The van der Waals surface area contributed by atoms with Gasteiger partial charge in [0.2, 0.25) is 35.4 Å². The Labute approximate surface area is 822 Å². The van der Waals surface area contributed by atoms with Gasteiger partial charge in [-0.1, -0.05) is 153 Å². The quantitative estimate of drug-likeness (QED) is 0.0776. The van der Waals surface area contributed by atoms with E-state index in [0.717, 1.165) is 112 Å². The summed E-state index contributed by atoms with van der Waals surface area (Å²) in [6.45, 7) is 25.5. The number of rotatable bonds is 8. The van der Waals surface area contributed by atoms with Crippen LogP contribution in [0.3, 0.4) is 0 Å². The van der Waals surface area contributed by atoms with E-state index in [1.807, 2.05) is 138 Å². The molecule has 3 radical (unpaired) electrons. The normalized spacial score (nSPS) is 29.8. The van der Waals surface area contributed by atoms with Crippen LogP contribution in [-0.4, -0.2) is 200 Å². The number of amides is 3. The number of methoxy groups -OCH3 is 3. The summed E-state index contributed by atoms with van der Waals surface area (Å²) < 4.78 is 82.8. The Bertz CT molecular complexity index is 4990. The summed E-state index contributed by atoms with van der Waals surface area (Å²) in [6.07, 6.45) is 22.0. The van der Waals surface area contributed by atoms with Gasteiger partial charge in [-0.2, -0.15) is 0 Å². The van der Waals surface area contributed by atoms with Crippen molar-refractivity contribution in [3.8, 4) is 34.9 Å². The van der Waals surface area contributed by atoms with E-state index in [1.54, 1.807) is 37.2 Å². The molecule has 18 atom stereocenters. The number of fused-ring (bicyclic) bond motifs is 15. The molecule has 16 rings (SSSR count). The molecule has 0 unspecified atom stereocenters. The predicted molar refractivity (Wildman–Crippen MR) is 485 cm³/mol. The van der Waals surface area contributed by atoms with Crippen molar-refractivity contribution >= 4 is 87.6 Å². The van der Waals surface area contributed by atoms with Crippen LogP contribution in [-0.2, 0) is 132 Å². The molecule has 3 saturated heterocycles. The Morgan fingerprint density at radius 3 is 1.16 bits per heavy atom. The van der Waals surface area contributed by atoms with Crippen LogP contribution in [0.2, 0.25) is 0 Å². The number of ether oxygens (including phenoxy) is 9. The third-order valence-corrected chi connectivity index (χ3v) is 30.0. The molecule has 0 N–H and O–H groups in total. The summed E-state index contributed by atoms with van der Waals surface area (Å²) in [4.78, 5) is 153. The molecule has 134 heavy (non-hydrogen) atoms. The second-order valence-electron chi connectivity index (χ2n) is 42.1. The molecular formula is C102H134F2N9O18V3-3. The molecule has 3 amide bonds. The molecule has 9 heterocycles. The van der Waals surface area contributed by atoms with Crippen molar-refractivity contribution in [1.82, 2.24) is 44.6 Å². The van der Waals surface area contributed by atoms with Crippen molar-refractivity contribution in [2.75, 3.05) is 41.0 Å². The van der Waals surface area contributed by atoms with Gasteiger partial charge >= 0.3 is 17.9 Å². The number of hydrogen-bond acceptors (Lipinski definition) is 24. The van der Waals surface area contributed by atoms with Gasteiger partial charge in [-0.3, -0.25) is 28.8 Å². The van der Waals surface area contributed by atoms with Gasteiger partial charge in [0.25, 0.3) is 5.92 Å². The molecule has 727 valence electrons. The van der Waals surface area contributed by atoms with Crippen LogP contribution in [0.25, 0.3) is 33.1 Å². The zero-order chi connectivity index (χ0) is 94.0. The summed E-state index contributed by atoms with van der Waals surface area (Å²) in [6, 6.07) is 14.2. The fraction of sp³-hybridized carbons (Fsp3) is 0.676. The molecule has 10 aliphatic rings. The van der Waals surface area contributed by atoms with E-state index in [9.17, 15) is 51.9 Å². The van der Waals surface area contributed by atoms with Crippen LogP contribution in [0.4, 0.5) is 8.78 Å². The fourth-order valence-electron chi connectivity index (χ4n) is 21.5. The Hall–Kier alpha value is -8.08. The summed E-state index contributed by atoms with van der Waals surface area (Å²) in [5, 5.41) is 0. The molecule has 6 aromatic rings. The van der Waals surface area contributed by atoms with Crippen molar-refractivity contribution in [2.45, 2.75) is 324 Å². The van der Waals surface area contributed by atoms with E-state index in [0.29, 0.717) is 118 Å². The Kier molecular flexibility index (Phi) is 35.2. The maximum absolute atomic E-state index is 14.5. The molecule has 3 aromatic carbocycles. The van der Waals surface area contributed by atoms with E-state index in [4.69, 9.17) is 72.5 Å². The molecule has 1 spiro atoms. The Morgan fingerprint density at radius 2 is 0.791 bits per heavy atom. The smallest absolute Gasteiger partial charge is 0.307 e. The number of aromatic nitrogens is 6. The standard InChI is InChI=1S/C35H46N3O6.C34H46N3O6.C33H42F2N3O6.3V/c1-21-28(20-39)38-19-30(21)44-32-26(36-25-12-11-23(42-5)15-27(25)37-32)10-8-6-7-9-22-17-35(13-14-35)18-29(22)43-31(40)16-24(33(38)41)34(2,3)4;1-7-23-28(20-38)37-19-29(23)42-31-26(35-25-15-14-22(41-6)16-27(25)36-31)13-11-9-10-12-21-18-34(21,8-2)43-30(39)17-24(32(37)40)33(3,4)5;1-19-26(18-39)38-17-28(19)44-30-24(36-23-12-11-21(42-5)13-25(23)37-30)10-8-6-7-9-20-15-33(34,35)16-27(20)43-29(40)14-22(31(38)41)32(2,3)4;;;/h11-12,15,21-22,24,28-30H,6-10,13-14,16-19H2,1-5H3;14-16,21,23-24,28-29H,7-13,17-19H2,1-6H3;11-13,19-20,22,26-28H,6-10,14-17H2,1-5H3;;;/q3*-1;;;/t21-,22+,24+,28+,29+,30-;21-,23+,24-,28-,29+,34-;19-,20+,22+,26+,27+,28-;;;/m010.../s1. The van der Waals surface area contributed by atoms with Crippen LogP contribution in [0.15, 0.2) is 54.6 Å². The molecule has 6 bridgehead atoms. The van der Waals surface area contributed by atoms with Crippen molar-refractivity contribution in [2.24, 2.45) is 74.9 Å². The zero-order valence-corrected chi connectivity index (χ0v) is 84.9. The van der Waals surface area contributed by atoms with Crippen LogP contribution in [0.1, 0.15) is 261 Å². The third-order valence-electron chi connectivity index (χ3n) is 30.0. The van der Waals surface area contributed by atoms with Crippen LogP contribution < -0.4 is 28.4 Å². The number of alkyl halides is 2. The van der Waals surface area contributed by atoms with Gasteiger partial charge in [0.15, 0.2) is 0 Å². The molecular weight excluding hydrogens is 1830 g/mol. The van der Waals surface area contributed by atoms with Gasteiger partial charge in [-0.15, -0.1) is 0 Å². The van der Waals surface area contributed by atoms with Crippen LogP contribution in [0.5, 0.6) is 34.9 Å². The third kappa shape index (κ3) is 24.4. The number of carbonyl (C=O) groups excluding carboxylic acids is 9. The minimum absolute atomic E-state index is 0. The van der Waals surface area contributed by atoms with Crippen molar-refractivity contribution < 1.29 is 150 Å². The average Bonchev–Trinajstić information content (AvgIpc) is 1.60. The first-order valence-corrected chi connectivity index (χ1v) is 47.9. The molecule has 3 aromatic heterocycles. The van der Waals surface area contributed by atoms with E-state index >= 15 is 0 Å². The van der Waals surface area contributed by atoms with Gasteiger partial charge < -0.3 is 71.7 Å². The Morgan fingerprint density at radius 1 is 0.425 bits per heavy atom. The van der Waals surface area contributed by atoms with Crippen LogP contribution in [0, 0.1) is 74.9 Å². The second-order valence-corrected chi connectivity index (χ2v) is 42.1. The topological polar surface area (TPSA) is 324 Å². The van der Waals surface area contributed by atoms with Crippen LogP contribution >= 0.6 is 0 Å². The number of benzene rings is 3. The van der Waals surface area contributed by atoms with Crippen molar-refractivity contribution in [1.29, 1.82) is 0 Å². The maximum atomic E-state index is 14.5. The van der Waals surface area contributed by atoms with E-state index in [-0.39, 0.29) is 143 Å². The SMILES string of the molecule is CC[C@@H]1[C@@H]2CN(C(=O)[C@H](C(C)(C)C)CC(=O)O[C@]3(CC)C[C@H]3CCCCCc3nc4ccc(OC)cc4nc3O2)[C@@H]1[C-]=O.COc1ccc2nc3c(nc2c1)O[C@H]1CN(C(=O)[C@H](C(C)(C)C)CC(=O)O[C@@H]2CC(F)(F)C[C@H]2CCCCC3)[C@H]([C-]=O)[C@@H]1C.COc1ccc2nc3c(nc2c1)O[C@H]1CN(C(=O)[C@H](C(C)(C)C)CC(=O)O[C@@H]2CC4(CC4)C[C@H]2CCCCC3)[C@H]([C-]=O)[C@@H]1C.[V].[V].[V]. The number of aryl methyl sites for hydroxylation is 3. The first-order chi connectivity index (χ1) is 62.3. The number of hydrogen-bond donors (Lipinski definition) is 0. The molecule has 7 fully saturated rings. The first kappa shape index (κ1) is 106. The minimum Gasteiger partial charge on any atom is -0.540 e. The van der Waals surface area contributed by atoms with Gasteiger partial charge in [-0.25, -0.2) is 57.5 Å². The summed E-state index contributed by atoms with van der Waals surface area (Å²) >= 11 is 0.